The average Bonchev–Trinajstić information content (AvgIpc) is 2.53. The molecule has 64 valence electrons. The predicted octanol–water partition coefficient (Wildman–Crippen LogP) is 1.51. The first kappa shape index (κ1) is 7.73. The van der Waals surface area contributed by atoms with Gasteiger partial charge in [-0.3, -0.25) is 4.79 Å². The van der Waals surface area contributed by atoms with Crippen LogP contribution in [0.15, 0.2) is 5.51 Å². The van der Waals surface area contributed by atoms with Crippen LogP contribution in [0.25, 0.3) is 0 Å². The molecule has 12 heavy (non-hydrogen) atoms. The van der Waals surface area contributed by atoms with Crippen molar-refractivity contribution in [1.82, 2.24) is 9.88 Å². The minimum absolute atomic E-state index is 0.141. The van der Waals surface area contributed by atoms with E-state index in [1.54, 1.807) is 5.51 Å². The lowest BCUT2D eigenvalue weighted by atomic mass is 10.3. The number of aromatic nitrogens is 1. The highest BCUT2D eigenvalue weighted by Gasteiger charge is 2.31. The van der Waals surface area contributed by atoms with Gasteiger partial charge in [-0.25, -0.2) is 4.98 Å². The van der Waals surface area contributed by atoms with Crippen LogP contribution in [-0.2, 0) is 6.54 Å². The number of fused-ring (bicyclic) bond motifs is 1. The highest BCUT2D eigenvalue weighted by atomic mass is 32.1. The van der Waals surface area contributed by atoms with Crippen molar-refractivity contribution in [1.29, 1.82) is 0 Å². The van der Waals surface area contributed by atoms with Gasteiger partial charge >= 0.3 is 0 Å². The van der Waals surface area contributed by atoms with Gasteiger partial charge in [0, 0.05) is 6.04 Å². The van der Waals surface area contributed by atoms with Gasteiger partial charge in [-0.05, 0) is 13.8 Å². The van der Waals surface area contributed by atoms with Crippen molar-refractivity contribution in [3.8, 4) is 0 Å². The molecule has 2 heterocycles. The Hall–Kier alpha value is -0.900. The number of carbonyl (C=O) groups excluding carboxylic acids is 1. The number of thiazole rings is 1. The maximum Gasteiger partial charge on any atom is 0.266 e. The van der Waals surface area contributed by atoms with E-state index < -0.39 is 0 Å². The lowest BCUT2D eigenvalue weighted by Gasteiger charge is -2.19. The monoisotopic (exact) mass is 182 g/mol. The van der Waals surface area contributed by atoms with Crippen molar-refractivity contribution in [2.75, 3.05) is 0 Å². The van der Waals surface area contributed by atoms with Crippen molar-refractivity contribution in [2.24, 2.45) is 0 Å². The third kappa shape index (κ3) is 0.948. The predicted molar refractivity (Wildman–Crippen MR) is 47.1 cm³/mol. The second kappa shape index (κ2) is 2.55. The van der Waals surface area contributed by atoms with Gasteiger partial charge in [-0.15, -0.1) is 11.3 Å². The Morgan fingerprint density at radius 1 is 1.67 bits per heavy atom. The van der Waals surface area contributed by atoms with E-state index in [1.165, 1.54) is 11.3 Å². The molecule has 0 fully saturated rings. The second-order valence-corrected chi connectivity index (χ2v) is 4.01. The Labute approximate surface area is 75.0 Å². The summed E-state index contributed by atoms with van der Waals surface area (Å²) in [5.74, 6) is 0.141. The lowest BCUT2D eigenvalue weighted by Crippen LogP contribution is -2.30. The Bertz CT molecular complexity index is 319. The molecule has 3 nitrogen and oxygen atoms in total. The van der Waals surface area contributed by atoms with E-state index >= 15 is 0 Å². The van der Waals surface area contributed by atoms with Gasteiger partial charge in [0.05, 0.1) is 17.7 Å². The Morgan fingerprint density at radius 3 is 3.00 bits per heavy atom. The van der Waals surface area contributed by atoms with Crippen LogP contribution in [0.5, 0.6) is 0 Å². The molecule has 0 atom stereocenters. The summed E-state index contributed by atoms with van der Waals surface area (Å²) < 4.78 is 0. The normalized spacial score (nSPS) is 15.9. The molecule has 0 saturated carbocycles. The molecular weight excluding hydrogens is 172 g/mol. The minimum atomic E-state index is 0.141. The summed E-state index contributed by atoms with van der Waals surface area (Å²) in [6.45, 7) is 4.73. The smallest absolute Gasteiger partial charge is 0.266 e. The van der Waals surface area contributed by atoms with Gasteiger partial charge in [-0.1, -0.05) is 0 Å². The molecule has 1 aliphatic heterocycles. The van der Waals surface area contributed by atoms with Crippen LogP contribution < -0.4 is 0 Å². The molecule has 0 bridgehead atoms. The van der Waals surface area contributed by atoms with Crippen molar-refractivity contribution >= 4 is 17.2 Å². The molecule has 1 aliphatic rings. The fraction of sp³-hybridized carbons (Fsp3) is 0.500. The molecule has 0 saturated heterocycles. The molecule has 0 spiro atoms. The van der Waals surface area contributed by atoms with E-state index in [-0.39, 0.29) is 11.9 Å². The summed E-state index contributed by atoms with van der Waals surface area (Å²) in [7, 11) is 0. The molecule has 1 aromatic rings. The zero-order chi connectivity index (χ0) is 8.72. The highest BCUT2D eigenvalue weighted by molar-refractivity contribution is 7.12. The molecule has 1 aromatic heterocycles. The fourth-order valence-electron chi connectivity index (χ4n) is 1.34. The fourth-order valence-corrected chi connectivity index (χ4v) is 2.09. The molecule has 1 amide bonds. The molecule has 0 radical (unpaired) electrons. The summed E-state index contributed by atoms with van der Waals surface area (Å²) in [5, 5.41) is 0. The molecule has 2 rings (SSSR count). The van der Waals surface area contributed by atoms with Crippen LogP contribution in [0.4, 0.5) is 0 Å². The second-order valence-electron chi connectivity index (χ2n) is 3.15. The number of amides is 1. The van der Waals surface area contributed by atoms with Crippen LogP contribution >= 0.6 is 11.3 Å². The van der Waals surface area contributed by atoms with E-state index in [2.05, 4.69) is 4.98 Å². The summed E-state index contributed by atoms with van der Waals surface area (Å²) in [4.78, 5) is 18.4. The van der Waals surface area contributed by atoms with E-state index in [1.807, 2.05) is 18.7 Å². The molecule has 0 aromatic carbocycles. The number of hydrogen-bond donors (Lipinski definition) is 0. The first-order valence-electron chi connectivity index (χ1n) is 3.93. The van der Waals surface area contributed by atoms with Crippen molar-refractivity contribution in [3.63, 3.8) is 0 Å². The van der Waals surface area contributed by atoms with Crippen molar-refractivity contribution in [2.45, 2.75) is 26.4 Å². The van der Waals surface area contributed by atoms with Crippen LogP contribution in [-0.4, -0.2) is 21.8 Å². The van der Waals surface area contributed by atoms with Gasteiger partial charge in [0.2, 0.25) is 0 Å². The molecule has 0 unspecified atom stereocenters. The van der Waals surface area contributed by atoms with Gasteiger partial charge in [0.15, 0.2) is 0 Å². The van der Waals surface area contributed by atoms with Crippen molar-refractivity contribution in [3.05, 3.63) is 16.1 Å². The van der Waals surface area contributed by atoms with Gasteiger partial charge in [0.1, 0.15) is 4.88 Å². The van der Waals surface area contributed by atoms with Crippen LogP contribution in [0.1, 0.15) is 29.2 Å². The number of carbonyl (C=O) groups is 1. The average molecular weight is 182 g/mol. The third-order valence-corrected chi connectivity index (χ3v) is 2.90. The molecular formula is C8H10N2OS. The van der Waals surface area contributed by atoms with Gasteiger partial charge < -0.3 is 4.90 Å². The lowest BCUT2D eigenvalue weighted by molar-refractivity contribution is 0.0733. The Balaban J connectivity index is 2.33. The maximum atomic E-state index is 11.6. The third-order valence-electron chi connectivity index (χ3n) is 2.04. The minimum Gasteiger partial charge on any atom is -0.330 e. The van der Waals surface area contributed by atoms with Gasteiger partial charge in [0.25, 0.3) is 5.91 Å². The van der Waals surface area contributed by atoms with E-state index in [9.17, 15) is 4.79 Å². The maximum absolute atomic E-state index is 11.6. The zero-order valence-electron chi connectivity index (χ0n) is 7.07. The van der Waals surface area contributed by atoms with E-state index in [0.717, 1.165) is 10.6 Å². The quantitative estimate of drug-likeness (QED) is 0.659. The van der Waals surface area contributed by atoms with Crippen LogP contribution in [0.2, 0.25) is 0 Å². The topological polar surface area (TPSA) is 33.2 Å². The zero-order valence-corrected chi connectivity index (χ0v) is 7.89. The first-order valence-corrected chi connectivity index (χ1v) is 4.81. The largest absolute Gasteiger partial charge is 0.330 e. The Morgan fingerprint density at radius 2 is 2.42 bits per heavy atom. The Kier molecular flexibility index (Phi) is 1.65. The summed E-state index contributed by atoms with van der Waals surface area (Å²) in [6.07, 6.45) is 0. The number of hydrogen-bond acceptors (Lipinski definition) is 3. The summed E-state index contributed by atoms with van der Waals surface area (Å²) >= 11 is 1.44. The standard InChI is InChI=1S/C8H10N2OS/c1-5(2)10-3-6-7(8(10)11)12-4-9-6/h4-5H,3H2,1-2H3. The van der Waals surface area contributed by atoms with E-state index in [0.29, 0.717) is 6.54 Å². The molecule has 0 aliphatic carbocycles. The number of nitrogens with zero attached hydrogens (tertiary/aromatic N) is 2. The summed E-state index contributed by atoms with van der Waals surface area (Å²) in [6, 6.07) is 0.277. The van der Waals surface area contributed by atoms with Gasteiger partial charge in [-0.2, -0.15) is 0 Å². The van der Waals surface area contributed by atoms with E-state index in [4.69, 9.17) is 0 Å². The highest BCUT2D eigenvalue weighted by Crippen LogP contribution is 2.26. The van der Waals surface area contributed by atoms with Crippen LogP contribution in [0, 0.1) is 0 Å². The van der Waals surface area contributed by atoms with Crippen LogP contribution in [0.3, 0.4) is 0 Å². The SMILES string of the molecule is CC(C)N1Cc2ncsc2C1=O. The molecule has 0 N–H and O–H groups in total. The molecule has 4 heteroatoms. The first-order chi connectivity index (χ1) is 5.70. The van der Waals surface area contributed by atoms with Crippen molar-refractivity contribution < 1.29 is 4.79 Å². The summed E-state index contributed by atoms with van der Waals surface area (Å²) in [5.41, 5.74) is 2.68. The number of rotatable bonds is 1.